The predicted molar refractivity (Wildman–Crippen MR) is 48.6 cm³/mol. The molecule has 1 heterocycles. The Bertz CT molecular complexity index is 408. The molecule has 0 bridgehead atoms. The number of hydrogen-bond donors (Lipinski definition) is 0. The number of hydrogen-bond acceptors (Lipinski definition) is 4. The van der Waals surface area contributed by atoms with Crippen LogP contribution in [0.15, 0.2) is 0 Å². The Balaban J connectivity index is 0.00000196. The maximum atomic E-state index is 11.4. The van der Waals surface area contributed by atoms with Crippen molar-refractivity contribution in [2.45, 2.75) is 13.8 Å². The van der Waals surface area contributed by atoms with Gasteiger partial charge in [0.1, 0.15) is 12.7 Å². The lowest BCUT2D eigenvalue weighted by Gasteiger charge is -1.96. The van der Waals surface area contributed by atoms with Crippen LogP contribution in [0.5, 0.6) is 0 Å². The lowest BCUT2D eigenvalue weighted by atomic mass is 10.2. The van der Waals surface area contributed by atoms with Crippen molar-refractivity contribution < 1.29 is 21.9 Å². The molecule has 0 aliphatic carbocycles. The van der Waals surface area contributed by atoms with Crippen molar-refractivity contribution in [3.05, 3.63) is 16.2 Å². The van der Waals surface area contributed by atoms with Crippen LogP contribution in [-0.4, -0.2) is 22.4 Å². The maximum absolute atomic E-state index is 11.4. The molecule has 0 aliphatic heterocycles. The number of esters is 1. The summed E-state index contributed by atoms with van der Waals surface area (Å²) < 4.78 is 6.12. The lowest BCUT2D eigenvalue weighted by molar-refractivity contribution is -0.0000219. The van der Waals surface area contributed by atoms with E-state index in [0.717, 1.165) is 0 Å². The van der Waals surface area contributed by atoms with Crippen LogP contribution in [0.4, 0.5) is 5.82 Å². The second-order valence-electron chi connectivity index (χ2n) is 2.73. The Hall–Kier alpha value is -1.61. The third-order valence-electron chi connectivity index (χ3n) is 1.77. The monoisotopic (exact) mass is 230 g/mol. The molecule has 1 aromatic heterocycles. The van der Waals surface area contributed by atoms with Gasteiger partial charge in [-0.05, 0) is 13.8 Å². The maximum Gasteiger partial charge on any atom is 0.460 e. The first-order valence-corrected chi connectivity index (χ1v) is 4.17. The summed E-state index contributed by atoms with van der Waals surface area (Å²) in [6.45, 7) is 3.64. The topological polar surface area (TPSA) is 72.3 Å². The molecule has 6 nitrogen and oxygen atoms in total. The molecule has 0 saturated heterocycles. The predicted octanol–water partition coefficient (Wildman–Crippen LogP) is -1.61. The van der Waals surface area contributed by atoms with Crippen LogP contribution in [0.25, 0.3) is 4.98 Å². The van der Waals surface area contributed by atoms with Crippen molar-refractivity contribution in [3.8, 4) is 0 Å². The average molecular weight is 231 g/mol. The van der Waals surface area contributed by atoms with Crippen molar-refractivity contribution in [1.29, 1.82) is 5.39 Å². The molecule has 0 saturated carbocycles. The summed E-state index contributed by atoms with van der Waals surface area (Å²) in [6.07, 6.45) is 0. The number of aryl methyl sites for hydroxylation is 2. The summed E-state index contributed by atoms with van der Waals surface area (Å²) in [6, 6.07) is 0. The zero-order valence-corrected chi connectivity index (χ0v) is 9.45. The Labute approximate surface area is 93.3 Å². The second-order valence-corrected chi connectivity index (χ2v) is 2.73. The van der Waals surface area contributed by atoms with Crippen LogP contribution < -0.4 is 12.4 Å². The number of carbonyl (C=O) groups is 1. The molecule has 0 amide bonds. The molecule has 0 spiro atoms. The summed E-state index contributed by atoms with van der Waals surface area (Å²) in [7, 11) is 1.59. The Kier molecular flexibility index (Phi) is 4.74. The van der Waals surface area contributed by atoms with E-state index in [4.69, 9.17) is 10.1 Å². The molecular formula is C8H11ClN4O2. The number of ether oxygens (including phenoxy) is 1. The van der Waals surface area contributed by atoms with E-state index in [0.29, 0.717) is 5.69 Å². The fourth-order valence-electron chi connectivity index (χ4n) is 1.20. The van der Waals surface area contributed by atoms with E-state index in [1.165, 1.54) is 4.68 Å². The van der Waals surface area contributed by atoms with Gasteiger partial charge >= 0.3 is 11.8 Å². The van der Waals surface area contributed by atoms with E-state index in [-0.39, 0.29) is 30.4 Å². The molecular weight excluding hydrogens is 220 g/mol. The van der Waals surface area contributed by atoms with Crippen LogP contribution in [-0.2, 0) is 11.8 Å². The highest BCUT2D eigenvalue weighted by atomic mass is 35.5. The highest BCUT2D eigenvalue weighted by Crippen LogP contribution is 2.22. The Morgan fingerprint density at radius 1 is 1.67 bits per heavy atom. The normalized spacial score (nSPS) is 8.93. The van der Waals surface area contributed by atoms with Gasteiger partial charge in [-0.25, -0.2) is 4.79 Å². The summed E-state index contributed by atoms with van der Waals surface area (Å²) in [4.78, 5) is 14.4. The van der Waals surface area contributed by atoms with Crippen molar-refractivity contribution in [1.82, 2.24) is 9.78 Å². The summed E-state index contributed by atoms with van der Waals surface area (Å²) >= 11 is 0. The van der Waals surface area contributed by atoms with Crippen molar-refractivity contribution in [3.63, 3.8) is 0 Å². The molecule has 0 radical (unpaired) electrons. The number of diazo groups is 1. The van der Waals surface area contributed by atoms with Gasteiger partial charge in [-0.3, -0.25) is 0 Å². The molecule has 7 heteroatoms. The van der Waals surface area contributed by atoms with Gasteiger partial charge in [0.05, 0.1) is 12.0 Å². The highest BCUT2D eigenvalue weighted by molar-refractivity contribution is 5.96. The number of aromatic nitrogens is 2. The van der Waals surface area contributed by atoms with Gasteiger partial charge in [-0.1, -0.05) is 5.10 Å². The quantitative estimate of drug-likeness (QED) is 0.453. The Morgan fingerprint density at radius 3 is 2.73 bits per heavy atom. The third-order valence-corrected chi connectivity index (χ3v) is 1.77. The first kappa shape index (κ1) is 13.4. The van der Waals surface area contributed by atoms with E-state index in [9.17, 15) is 4.79 Å². The summed E-state index contributed by atoms with van der Waals surface area (Å²) in [5.74, 6) is -0.410. The van der Waals surface area contributed by atoms with Crippen molar-refractivity contribution in [2.75, 3.05) is 6.61 Å². The van der Waals surface area contributed by atoms with Crippen molar-refractivity contribution in [2.24, 2.45) is 7.05 Å². The molecule has 1 aromatic rings. The lowest BCUT2D eigenvalue weighted by Crippen LogP contribution is -3.00. The first-order valence-electron chi connectivity index (χ1n) is 4.17. The van der Waals surface area contributed by atoms with Crippen LogP contribution >= 0.6 is 0 Å². The van der Waals surface area contributed by atoms with Gasteiger partial charge in [-0.2, -0.15) is 0 Å². The number of rotatable bonds is 2. The SMILES string of the molecule is CCOC(=O)c1c(C)nn(C)c1[N+]#N.[Cl-]. The Morgan fingerprint density at radius 2 is 2.27 bits per heavy atom. The molecule has 0 atom stereocenters. The molecule has 0 aliphatic rings. The first-order chi connectivity index (χ1) is 6.61. The van der Waals surface area contributed by atoms with E-state index < -0.39 is 5.97 Å². The van der Waals surface area contributed by atoms with Crippen LogP contribution in [0.3, 0.4) is 0 Å². The molecule has 0 aromatic carbocycles. The summed E-state index contributed by atoms with van der Waals surface area (Å²) in [5, 5.41) is 12.6. The molecule has 0 unspecified atom stereocenters. The summed E-state index contributed by atoms with van der Waals surface area (Å²) in [5.41, 5.74) is 0.690. The zero-order chi connectivity index (χ0) is 10.7. The van der Waals surface area contributed by atoms with Crippen LogP contribution in [0.2, 0.25) is 0 Å². The fourth-order valence-corrected chi connectivity index (χ4v) is 1.20. The smallest absolute Gasteiger partial charge is 0.460 e. The van der Waals surface area contributed by atoms with Crippen LogP contribution in [0.1, 0.15) is 23.0 Å². The van der Waals surface area contributed by atoms with Gasteiger partial charge in [0.15, 0.2) is 5.56 Å². The van der Waals surface area contributed by atoms with Gasteiger partial charge in [0, 0.05) is 4.98 Å². The second kappa shape index (κ2) is 5.32. The van der Waals surface area contributed by atoms with E-state index in [2.05, 4.69) is 10.1 Å². The molecule has 0 fully saturated rings. The third kappa shape index (κ3) is 2.44. The van der Waals surface area contributed by atoms with Gasteiger partial charge < -0.3 is 17.1 Å². The minimum atomic E-state index is -0.522. The van der Waals surface area contributed by atoms with Crippen LogP contribution in [0, 0.1) is 12.3 Å². The molecule has 0 N–H and O–H groups in total. The number of carbonyl (C=O) groups excluding carboxylic acids is 1. The van der Waals surface area contributed by atoms with E-state index >= 15 is 0 Å². The minimum Gasteiger partial charge on any atom is -1.00 e. The van der Waals surface area contributed by atoms with Gasteiger partial charge in [-0.15, -0.1) is 4.68 Å². The number of nitrogens with zero attached hydrogens (tertiary/aromatic N) is 4. The van der Waals surface area contributed by atoms with Gasteiger partial charge in [0.2, 0.25) is 0 Å². The fraction of sp³-hybridized carbons (Fsp3) is 0.500. The highest BCUT2D eigenvalue weighted by Gasteiger charge is 2.30. The number of halogens is 1. The molecule has 82 valence electrons. The minimum absolute atomic E-state index is 0. The van der Waals surface area contributed by atoms with Gasteiger partial charge in [0.25, 0.3) is 0 Å². The standard InChI is InChI=1S/C8H11N4O2.ClH/c1-4-14-8(13)6-5(2)11-12(3)7(6)10-9;/h4H2,1-3H3;1H/q+1;/p-1. The largest absolute Gasteiger partial charge is 1.00 e. The molecule has 15 heavy (non-hydrogen) atoms. The molecule has 1 rings (SSSR count). The van der Waals surface area contributed by atoms with Crippen molar-refractivity contribution >= 4 is 11.8 Å². The van der Waals surface area contributed by atoms with E-state index in [1.807, 2.05) is 0 Å². The average Bonchev–Trinajstić information content (AvgIpc) is 2.40. The zero-order valence-electron chi connectivity index (χ0n) is 8.69. The van der Waals surface area contributed by atoms with E-state index in [1.54, 1.807) is 20.9 Å².